The standard InChI is InChI=1S/C12H12Br2N2OS/c1-15-4-8-2-10(13)12(11(14)3-8)17-5-9-6-18-7-16-9/h2-3,6-7,15H,4-5H2,1H3. The highest BCUT2D eigenvalue weighted by molar-refractivity contribution is 9.11. The van der Waals surface area contributed by atoms with Gasteiger partial charge in [-0.05, 0) is 56.6 Å². The molecule has 3 nitrogen and oxygen atoms in total. The molecule has 0 radical (unpaired) electrons. The number of thiazole rings is 1. The van der Waals surface area contributed by atoms with E-state index >= 15 is 0 Å². The van der Waals surface area contributed by atoms with Crippen molar-refractivity contribution in [2.24, 2.45) is 0 Å². The van der Waals surface area contributed by atoms with E-state index in [4.69, 9.17) is 4.74 Å². The number of hydrogen-bond acceptors (Lipinski definition) is 4. The van der Waals surface area contributed by atoms with Gasteiger partial charge in [-0.3, -0.25) is 0 Å². The highest BCUT2D eigenvalue weighted by Crippen LogP contribution is 2.35. The molecule has 0 unspecified atom stereocenters. The second kappa shape index (κ2) is 6.65. The fourth-order valence-corrected chi connectivity index (χ4v) is 3.56. The van der Waals surface area contributed by atoms with Gasteiger partial charge in [0.15, 0.2) is 0 Å². The molecule has 1 heterocycles. The lowest BCUT2D eigenvalue weighted by Gasteiger charge is -2.11. The van der Waals surface area contributed by atoms with E-state index in [1.54, 1.807) is 16.8 Å². The van der Waals surface area contributed by atoms with Gasteiger partial charge in [0.05, 0.1) is 20.1 Å². The van der Waals surface area contributed by atoms with Gasteiger partial charge in [-0.15, -0.1) is 11.3 Å². The van der Waals surface area contributed by atoms with Gasteiger partial charge in [-0.2, -0.15) is 0 Å². The van der Waals surface area contributed by atoms with Gasteiger partial charge >= 0.3 is 0 Å². The molecule has 1 aromatic carbocycles. The number of nitrogens with zero attached hydrogens (tertiary/aromatic N) is 1. The van der Waals surface area contributed by atoms with Crippen molar-refractivity contribution in [3.8, 4) is 5.75 Å². The third-order valence-electron chi connectivity index (χ3n) is 2.29. The molecule has 0 aliphatic carbocycles. The van der Waals surface area contributed by atoms with Gasteiger partial charge in [0.25, 0.3) is 0 Å². The van der Waals surface area contributed by atoms with Crippen LogP contribution in [-0.2, 0) is 13.2 Å². The summed E-state index contributed by atoms with van der Waals surface area (Å²) in [4.78, 5) is 4.19. The average molecular weight is 392 g/mol. The predicted octanol–water partition coefficient (Wildman–Crippen LogP) is 3.97. The van der Waals surface area contributed by atoms with E-state index in [0.717, 1.165) is 26.9 Å². The minimum Gasteiger partial charge on any atom is -0.485 e. The van der Waals surface area contributed by atoms with Gasteiger partial charge in [0.1, 0.15) is 12.4 Å². The van der Waals surface area contributed by atoms with Crippen LogP contribution in [0.4, 0.5) is 0 Å². The van der Waals surface area contributed by atoms with E-state index in [0.29, 0.717) is 6.61 Å². The first-order chi connectivity index (χ1) is 8.70. The van der Waals surface area contributed by atoms with E-state index in [-0.39, 0.29) is 0 Å². The molecule has 2 aromatic rings. The molecule has 1 aromatic heterocycles. The van der Waals surface area contributed by atoms with Crippen LogP contribution in [0.15, 0.2) is 32.0 Å². The fraction of sp³-hybridized carbons (Fsp3) is 0.250. The molecule has 96 valence electrons. The lowest BCUT2D eigenvalue weighted by molar-refractivity contribution is 0.298. The maximum absolute atomic E-state index is 5.78. The highest BCUT2D eigenvalue weighted by Gasteiger charge is 2.09. The molecule has 18 heavy (non-hydrogen) atoms. The van der Waals surface area contributed by atoms with Crippen LogP contribution in [0, 0.1) is 0 Å². The maximum atomic E-state index is 5.78. The Labute approximate surface area is 127 Å². The monoisotopic (exact) mass is 390 g/mol. The third-order valence-corrected chi connectivity index (χ3v) is 4.10. The summed E-state index contributed by atoms with van der Waals surface area (Å²) in [5.41, 5.74) is 3.94. The van der Waals surface area contributed by atoms with Crippen molar-refractivity contribution in [3.05, 3.63) is 43.2 Å². The number of rotatable bonds is 5. The molecule has 0 fully saturated rings. The van der Waals surface area contributed by atoms with Gasteiger partial charge in [0.2, 0.25) is 0 Å². The minimum absolute atomic E-state index is 0.478. The second-order valence-corrected chi connectivity index (χ2v) is 6.11. The van der Waals surface area contributed by atoms with Crippen LogP contribution in [-0.4, -0.2) is 12.0 Å². The van der Waals surface area contributed by atoms with Crippen LogP contribution < -0.4 is 10.1 Å². The molecule has 6 heteroatoms. The van der Waals surface area contributed by atoms with Crippen molar-refractivity contribution in [1.82, 2.24) is 10.3 Å². The first-order valence-corrected chi connectivity index (χ1v) is 7.86. The largest absolute Gasteiger partial charge is 0.485 e. The molecule has 0 amide bonds. The maximum Gasteiger partial charge on any atom is 0.148 e. The Morgan fingerprint density at radius 1 is 1.33 bits per heavy atom. The van der Waals surface area contributed by atoms with E-state index in [1.165, 1.54) is 5.56 Å². The summed E-state index contributed by atoms with van der Waals surface area (Å²) in [7, 11) is 1.93. The van der Waals surface area contributed by atoms with Crippen LogP contribution >= 0.6 is 43.2 Å². The molecule has 0 aliphatic heterocycles. The molecule has 0 saturated carbocycles. The summed E-state index contributed by atoms with van der Waals surface area (Å²) in [6.45, 7) is 1.30. The molecular weight excluding hydrogens is 380 g/mol. The van der Waals surface area contributed by atoms with Crippen LogP contribution in [0.3, 0.4) is 0 Å². The number of nitrogens with one attached hydrogen (secondary N) is 1. The van der Waals surface area contributed by atoms with Crippen LogP contribution in [0.5, 0.6) is 5.75 Å². The average Bonchev–Trinajstić information content (AvgIpc) is 2.81. The zero-order valence-corrected chi connectivity index (χ0v) is 13.7. The van der Waals surface area contributed by atoms with Crippen molar-refractivity contribution in [2.45, 2.75) is 13.2 Å². The first-order valence-electron chi connectivity index (χ1n) is 5.33. The predicted molar refractivity (Wildman–Crippen MR) is 81.1 cm³/mol. The van der Waals surface area contributed by atoms with Gasteiger partial charge < -0.3 is 10.1 Å². The Morgan fingerprint density at radius 2 is 2.06 bits per heavy atom. The van der Waals surface area contributed by atoms with Crippen molar-refractivity contribution in [3.63, 3.8) is 0 Å². The smallest absolute Gasteiger partial charge is 0.148 e. The summed E-state index contributed by atoms with van der Waals surface area (Å²) in [6, 6.07) is 4.11. The van der Waals surface area contributed by atoms with Crippen LogP contribution in [0.1, 0.15) is 11.3 Å². The normalized spacial score (nSPS) is 10.6. The molecule has 0 aliphatic rings. The van der Waals surface area contributed by atoms with Crippen molar-refractivity contribution < 1.29 is 4.74 Å². The third kappa shape index (κ3) is 3.54. The Bertz CT molecular complexity index is 494. The van der Waals surface area contributed by atoms with Crippen molar-refractivity contribution in [1.29, 1.82) is 0 Å². The summed E-state index contributed by atoms with van der Waals surface area (Å²) < 4.78 is 7.66. The number of benzene rings is 1. The Morgan fingerprint density at radius 3 is 2.61 bits per heavy atom. The lowest BCUT2D eigenvalue weighted by Crippen LogP contribution is -2.05. The topological polar surface area (TPSA) is 34.1 Å². The first kappa shape index (κ1) is 14.0. The molecule has 0 atom stereocenters. The summed E-state index contributed by atoms with van der Waals surface area (Å²) in [6.07, 6.45) is 0. The Hall–Kier alpha value is -0.430. The van der Waals surface area contributed by atoms with Gasteiger partial charge in [-0.25, -0.2) is 4.98 Å². The second-order valence-electron chi connectivity index (χ2n) is 3.69. The molecule has 1 N–H and O–H groups in total. The Kier molecular flexibility index (Phi) is 5.17. The minimum atomic E-state index is 0.478. The molecular formula is C12H12Br2N2OS. The zero-order chi connectivity index (χ0) is 13.0. The number of halogens is 2. The Balaban J connectivity index is 2.12. The SMILES string of the molecule is CNCc1cc(Br)c(OCc2cscn2)c(Br)c1. The van der Waals surface area contributed by atoms with E-state index in [9.17, 15) is 0 Å². The number of hydrogen-bond donors (Lipinski definition) is 1. The molecule has 0 bridgehead atoms. The van der Waals surface area contributed by atoms with Crippen LogP contribution in [0.2, 0.25) is 0 Å². The molecule has 0 saturated heterocycles. The lowest BCUT2D eigenvalue weighted by atomic mass is 10.2. The van der Waals surface area contributed by atoms with E-state index in [2.05, 4.69) is 54.3 Å². The van der Waals surface area contributed by atoms with E-state index in [1.807, 2.05) is 12.4 Å². The van der Waals surface area contributed by atoms with Crippen molar-refractivity contribution in [2.75, 3.05) is 7.05 Å². The zero-order valence-electron chi connectivity index (χ0n) is 9.74. The van der Waals surface area contributed by atoms with Crippen molar-refractivity contribution >= 4 is 43.2 Å². The molecule has 0 spiro atoms. The van der Waals surface area contributed by atoms with Gasteiger partial charge in [-0.1, -0.05) is 0 Å². The van der Waals surface area contributed by atoms with E-state index < -0.39 is 0 Å². The van der Waals surface area contributed by atoms with Gasteiger partial charge in [0, 0.05) is 11.9 Å². The quantitative estimate of drug-likeness (QED) is 0.837. The van der Waals surface area contributed by atoms with Crippen LogP contribution in [0.25, 0.3) is 0 Å². The summed E-state index contributed by atoms with van der Waals surface area (Å²) in [5.74, 6) is 0.808. The summed E-state index contributed by atoms with van der Waals surface area (Å²) >= 11 is 8.63. The fourth-order valence-electron chi connectivity index (χ4n) is 1.51. The molecule has 2 rings (SSSR count). The number of aromatic nitrogens is 1. The number of ether oxygens (including phenoxy) is 1. The summed E-state index contributed by atoms with van der Waals surface area (Å²) in [5, 5.41) is 5.10. The highest BCUT2D eigenvalue weighted by atomic mass is 79.9.